The minimum Gasteiger partial charge on any atom is -0.366 e. The summed E-state index contributed by atoms with van der Waals surface area (Å²) in [7, 11) is 1.83. The maximum atomic E-state index is 4.55. The van der Waals surface area contributed by atoms with Crippen LogP contribution in [-0.2, 0) is 0 Å². The van der Waals surface area contributed by atoms with Crippen molar-refractivity contribution in [2.75, 3.05) is 17.7 Å². The molecule has 19 heavy (non-hydrogen) atoms. The van der Waals surface area contributed by atoms with Gasteiger partial charge in [-0.3, -0.25) is 5.10 Å². The number of hydrogen-bond acceptors (Lipinski definition) is 5. The fourth-order valence-electron chi connectivity index (χ4n) is 3.65. The molecule has 2 aromatic rings. The molecule has 0 aromatic carbocycles. The van der Waals surface area contributed by atoms with Gasteiger partial charge in [-0.2, -0.15) is 15.1 Å². The van der Waals surface area contributed by atoms with Gasteiger partial charge in [0.05, 0.1) is 11.6 Å². The van der Waals surface area contributed by atoms with Gasteiger partial charge in [0.1, 0.15) is 5.82 Å². The van der Waals surface area contributed by atoms with E-state index in [-0.39, 0.29) is 0 Å². The molecule has 2 aliphatic rings. The quantitative estimate of drug-likeness (QED) is 0.784. The van der Waals surface area contributed by atoms with Gasteiger partial charge in [0, 0.05) is 13.1 Å². The molecule has 2 aliphatic carbocycles. The summed E-state index contributed by atoms with van der Waals surface area (Å²) in [5.74, 6) is 3.27. The van der Waals surface area contributed by atoms with Crippen LogP contribution in [0.2, 0.25) is 0 Å². The second-order valence-electron chi connectivity index (χ2n) is 5.70. The zero-order chi connectivity index (χ0) is 12.8. The zero-order valence-corrected chi connectivity index (χ0v) is 11.0. The number of nitrogens with zero attached hydrogens (tertiary/aromatic N) is 3. The maximum absolute atomic E-state index is 4.55. The molecule has 2 saturated carbocycles. The smallest absolute Gasteiger partial charge is 0.226 e. The molecule has 4 rings (SSSR count). The lowest BCUT2D eigenvalue weighted by Crippen LogP contribution is -2.26. The normalized spacial score (nSPS) is 29.0. The average Bonchev–Trinajstić information content (AvgIpc) is 3.13. The van der Waals surface area contributed by atoms with Crippen molar-refractivity contribution in [3.63, 3.8) is 0 Å². The third-order valence-corrected chi connectivity index (χ3v) is 4.59. The van der Waals surface area contributed by atoms with Gasteiger partial charge >= 0.3 is 0 Å². The number of anilines is 2. The van der Waals surface area contributed by atoms with Gasteiger partial charge in [-0.15, -0.1) is 0 Å². The molecule has 3 unspecified atom stereocenters. The highest BCUT2D eigenvalue weighted by atomic mass is 15.2. The third-order valence-electron chi connectivity index (χ3n) is 4.59. The first-order chi connectivity index (χ1) is 9.33. The lowest BCUT2D eigenvalue weighted by molar-refractivity contribution is 0.439. The largest absolute Gasteiger partial charge is 0.366 e. The first-order valence-electron chi connectivity index (χ1n) is 6.99. The number of hydrogen-bond donors (Lipinski definition) is 3. The van der Waals surface area contributed by atoms with E-state index in [0.717, 1.165) is 28.7 Å². The third kappa shape index (κ3) is 1.74. The van der Waals surface area contributed by atoms with Crippen LogP contribution in [0.3, 0.4) is 0 Å². The van der Waals surface area contributed by atoms with E-state index < -0.39 is 0 Å². The van der Waals surface area contributed by atoms with Crippen molar-refractivity contribution in [1.82, 2.24) is 20.2 Å². The Kier molecular flexibility index (Phi) is 2.36. The van der Waals surface area contributed by atoms with E-state index in [4.69, 9.17) is 0 Å². The van der Waals surface area contributed by atoms with E-state index in [2.05, 4.69) is 30.8 Å². The van der Waals surface area contributed by atoms with E-state index in [1.54, 1.807) is 6.20 Å². The molecule has 0 amide bonds. The molecule has 0 aliphatic heterocycles. The Morgan fingerprint density at radius 1 is 1.26 bits per heavy atom. The fourth-order valence-corrected chi connectivity index (χ4v) is 3.65. The molecule has 3 atom stereocenters. The number of aromatic amines is 1. The summed E-state index contributed by atoms with van der Waals surface area (Å²) in [5.41, 5.74) is 0.782. The van der Waals surface area contributed by atoms with Crippen LogP contribution in [0.15, 0.2) is 6.20 Å². The van der Waals surface area contributed by atoms with Crippen LogP contribution in [0.1, 0.15) is 25.7 Å². The second-order valence-corrected chi connectivity index (χ2v) is 5.70. The van der Waals surface area contributed by atoms with E-state index in [1.165, 1.54) is 25.7 Å². The number of aromatic nitrogens is 4. The van der Waals surface area contributed by atoms with Crippen LogP contribution in [-0.4, -0.2) is 33.3 Å². The summed E-state index contributed by atoms with van der Waals surface area (Å²) < 4.78 is 0. The van der Waals surface area contributed by atoms with Gasteiger partial charge in [-0.05, 0) is 31.1 Å². The van der Waals surface area contributed by atoms with Crippen molar-refractivity contribution in [2.45, 2.75) is 31.7 Å². The van der Waals surface area contributed by atoms with Gasteiger partial charge in [0.15, 0.2) is 5.65 Å². The number of rotatable bonds is 3. The molecule has 0 spiro atoms. The number of fused-ring (bicyclic) bond motifs is 3. The second kappa shape index (κ2) is 4.08. The van der Waals surface area contributed by atoms with Crippen LogP contribution in [0.5, 0.6) is 0 Å². The summed E-state index contributed by atoms with van der Waals surface area (Å²) in [5, 5.41) is 14.6. The molecule has 0 radical (unpaired) electrons. The van der Waals surface area contributed by atoms with E-state index in [0.29, 0.717) is 12.0 Å². The molecule has 2 heterocycles. The Labute approximate surface area is 111 Å². The van der Waals surface area contributed by atoms with Gasteiger partial charge in [0.25, 0.3) is 0 Å². The Balaban J connectivity index is 1.68. The highest BCUT2D eigenvalue weighted by molar-refractivity contribution is 5.87. The average molecular weight is 258 g/mol. The molecule has 6 heteroatoms. The SMILES string of the molecule is CNc1nc(NC2CC3CCC2C3)c2cn[nH]c2n1. The molecule has 0 saturated heterocycles. The van der Waals surface area contributed by atoms with Crippen molar-refractivity contribution < 1.29 is 0 Å². The summed E-state index contributed by atoms with van der Waals surface area (Å²) >= 11 is 0. The Morgan fingerprint density at radius 2 is 2.21 bits per heavy atom. The molecule has 6 nitrogen and oxygen atoms in total. The molecule has 2 fully saturated rings. The van der Waals surface area contributed by atoms with Crippen molar-refractivity contribution in [2.24, 2.45) is 11.8 Å². The van der Waals surface area contributed by atoms with Crippen LogP contribution < -0.4 is 10.6 Å². The van der Waals surface area contributed by atoms with Crippen molar-refractivity contribution in [3.05, 3.63) is 6.20 Å². The van der Waals surface area contributed by atoms with Crippen LogP contribution in [0.25, 0.3) is 11.0 Å². The summed E-state index contributed by atoms with van der Waals surface area (Å²) in [4.78, 5) is 8.90. The summed E-state index contributed by atoms with van der Waals surface area (Å²) in [6.07, 6.45) is 7.24. The predicted molar refractivity (Wildman–Crippen MR) is 74.1 cm³/mol. The van der Waals surface area contributed by atoms with Crippen LogP contribution in [0.4, 0.5) is 11.8 Å². The topological polar surface area (TPSA) is 78.5 Å². The molecular weight excluding hydrogens is 240 g/mol. The predicted octanol–water partition coefficient (Wildman–Crippen LogP) is 2.00. The van der Waals surface area contributed by atoms with Crippen molar-refractivity contribution >= 4 is 22.8 Å². The molecule has 100 valence electrons. The highest BCUT2D eigenvalue weighted by Crippen LogP contribution is 2.45. The lowest BCUT2D eigenvalue weighted by atomic mass is 9.95. The Hall–Kier alpha value is -1.85. The minimum absolute atomic E-state index is 0.566. The van der Waals surface area contributed by atoms with Crippen LogP contribution >= 0.6 is 0 Å². The maximum Gasteiger partial charge on any atom is 0.226 e. The molecule has 3 N–H and O–H groups in total. The van der Waals surface area contributed by atoms with Crippen molar-refractivity contribution in [3.8, 4) is 0 Å². The molecule has 2 bridgehead atoms. The zero-order valence-electron chi connectivity index (χ0n) is 11.0. The Bertz CT molecular complexity index is 606. The van der Waals surface area contributed by atoms with Gasteiger partial charge in [-0.25, -0.2) is 0 Å². The molecular formula is C13H18N6. The van der Waals surface area contributed by atoms with Crippen molar-refractivity contribution in [1.29, 1.82) is 0 Å². The summed E-state index contributed by atoms with van der Waals surface area (Å²) in [6, 6.07) is 0.566. The standard InChI is InChI=1S/C13H18N6/c1-14-13-17-11(9-6-15-19-12(9)18-13)16-10-5-7-2-3-8(10)4-7/h6-8,10H,2-5H2,1H3,(H3,14,15,16,17,18,19). The number of H-pyrrole nitrogens is 1. The monoisotopic (exact) mass is 258 g/mol. The lowest BCUT2D eigenvalue weighted by Gasteiger charge is -2.23. The number of nitrogens with one attached hydrogen (secondary N) is 3. The fraction of sp³-hybridized carbons (Fsp3) is 0.615. The highest BCUT2D eigenvalue weighted by Gasteiger charge is 2.39. The van der Waals surface area contributed by atoms with E-state index >= 15 is 0 Å². The summed E-state index contributed by atoms with van der Waals surface area (Å²) in [6.45, 7) is 0. The van der Waals surface area contributed by atoms with Crippen LogP contribution in [0, 0.1) is 11.8 Å². The first-order valence-corrected chi connectivity index (χ1v) is 6.99. The first kappa shape index (κ1) is 11.0. The van der Waals surface area contributed by atoms with Gasteiger partial charge < -0.3 is 10.6 Å². The molecule has 2 aromatic heterocycles. The minimum atomic E-state index is 0.566. The van der Waals surface area contributed by atoms with E-state index in [1.807, 2.05) is 7.05 Å². The van der Waals surface area contributed by atoms with Gasteiger partial charge in [-0.1, -0.05) is 6.42 Å². The van der Waals surface area contributed by atoms with Gasteiger partial charge in [0.2, 0.25) is 5.95 Å². The Morgan fingerprint density at radius 3 is 2.95 bits per heavy atom. The van der Waals surface area contributed by atoms with E-state index in [9.17, 15) is 0 Å².